The summed E-state index contributed by atoms with van der Waals surface area (Å²) >= 11 is 0. The summed E-state index contributed by atoms with van der Waals surface area (Å²) in [4.78, 5) is 16.9. The summed E-state index contributed by atoms with van der Waals surface area (Å²) in [5.41, 5.74) is 3.82. The molecule has 9 aromatic rings. The predicted molar refractivity (Wildman–Crippen MR) is 256 cm³/mol. The molecular weight excluding hydrogens is 788 g/mol. The van der Waals surface area contributed by atoms with Crippen molar-refractivity contribution in [1.82, 2.24) is 15.0 Å². The van der Waals surface area contributed by atoms with Crippen molar-refractivity contribution in [2.45, 2.75) is 5.60 Å². The quantitative estimate of drug-likeness (QED) is 0.110. The Labute approximate surface area is 356 Å². The average molecular weight is 830 g/mol. The van der Waals surface area contributed by atoms with Crippen molar-refractivity contribution < 1.29 is 4.74 Å². The first-order valence-electron chi connectivity index (χ1n) is 19.9. The summed E-state index contributed by atoms with van der Waals surface area (Å²) < 4.78 is 6.97. The number of pyridine rings is 3. The molecule has 0 unspecified atom stereocenters. The summed E-state index contributed by atoms with van der Waals surface area (Å²) in [6.45, 7) is 0. The SMILES string of the molecule is COC(c1cccc(P(c2ccccc2)c2ccccc2)n1)(c1cccc(P(c2ccccc2)c2ccccc2)n1)c1cccc(P(c2ccccc2)c2ccccc2)n1. The fourth-order valence-corrected chi connectivity index (χ4v) is 14.3. The van der Waals surface area contributed by atoms with Gasteiger partial charge in [0.15, 0.2) is 5.60 Å². The molecule has 60 heavy (non-hydrogen) atoms. The van der Waals surface area contributed by atoms with Gasteiger partial charge in [-0.1, -0.05) is 200 Å². The number of hydrogen-bond donors (Lipinski definition) is 0. The van der Waals surface area contributed by atoms with Crippen molar-refractivity contribution in [1.29, 1.82) is 0 Å². The third kappa shape index (κ3) is 8.13. The van der Waals surface area contributed by atoms with Gasteiger partial charge in [0, 0.05) is 30.9 Å². The summed E-state index contributed by atoms with van der Waals surface area (Å²) in [7, 11) is -1.26. The van der Waals surface area contributed by atoms with Crippen LogP contribution in [0.4, 0.5) is 0 Å². The highest BCUT2D eigenvalue weighted by Crippen LogP contribution is 2.41. The first kappa shape index (κ1) is 39.5. The van der Waals surface area contributed by atoms with Gasteiger partial charge in [0.25, 0.3) is 0 Å². The van der Waals surface area contributed by atoms with Crippen LogP contribution in [0.25, 0.3) is 0 Å². The van der Waals surface area contributed by atoms with Crippen molar-refractivity contribution in [3.05, 3.63) is 254 Å². The Bertz CT molecular complexity index is 2340. The van der Waals surface area contributed by atoms with E-state index < -0.39 is 29.4 Å². The summed E-state index contributed by atoms with van der Waals surface area (Å²) in [6, 6.07) is 83.2. The Kier molecular flexibility index (Phi) is 12.2. The van der Waals surface area contributed by atoms with Gasteiger partial charge in [-0.3, -0.25) is 0 Å². The van der Waals surface area contributed by atoms with Gasteiger partial charge in [0.1, 0.15) is 0 Å². The third-order valence-electron chi connectivity index (χ3n) is 10.4. The van der Waals surface area contributed by atoms with E-state index in [4.69, 9.17) is 19.7 Å². The van der Waals surface area contributed by atoms with Gasteiger partial charge < -0.3 is 4.74 Å². The summed E-state index contributed by atoms with van der Waals surface area (Å²) in [5, 5.41) is 7.33. The number of rotatable bonds is 13. The van der Waals surface area contributed by atoms with Crippen LogP contribution in [0.1, 0.15) is 17.1 Å². The van der Waals surface area contributed by atoms with E-state index in [9.17, 15) is 0 Å². The van der Waals surface area contributed by atoms with Crippen LogP contribution in [-0.4, -0.2) is 22.1 Å². The van der Waals surface area contributed by atoms with E-state index in [0.29, 0.717) is 0 Å². The fraction of sp³-hybridized carbons (Fsp3) is 0.0377. The Hall–Kier alpha value is -5.98. The number of nitrogens with zero attached hydrogens (tertiary/aromatic N) is 3. The molecule has 0 amide bonds. The molecule has 290 valence electrons. The highest BCUT2D eigenvalue weighted by atomic mass is 31.1. The van der Waals surface area contributed by atoms with Crippen LogP contribution in [-0.2, 0) is 10.3 Å². The molecule has 0 atom stereocenters. The molecule has 0 N–H and O–H groups in total. The maximum Gasteiger partial charge on any atom is 0.193 e. The van der Waals surface area contributed by atoms with E-state index in [-0.39, 0.29) is 0 Å². The van der Waals surface area contributed by atoms with Crippen LogP contribution in [0.15, 0.2) is 237 Å². The predicted octanol–water partition coefficient (Wildman–Crippen LogP) is 8.08. The molecule has 0 bridgehead atoms. The normalized spacial score (nSPS) is 11.6. The summed E-state index contributed by atoms with van der Waals surface area (Å²) in [6.07, 6.45) is 0. The van der Waals surface area contributed by atoms with Gasteiger partial charge in [0.05, 0.1) is 33.4 Å². The topological polar surface area (TPSA) is 47.9 Å². The third-order valence-corrected chi connectivity index (χ3v) is 17.4. The number of benzene rings is 6. The minimum atomic E-state index is -1.28. The molecule has 3 heterocycles. The molecular formula is C53H42N3OP3. The lowest BCUT2D eigenvalue weighted by atomic mass is 9.89. The molecule has 0 saturated carbocycles. The Morgan fingerprint density at radius 2 is 0.500 bits per heavy atom. The minimum absolute atomic E-state index is 0.726. The molecule has 4 nitrogen and oxygen atoms in total. The monoisotopic (exact) mass is 829 g/mol. The lowest BCUT2D eigenvalue weighted by molar-refractivity contribution is 0.0479. The molecule has 3 aromatic heterocycles. The first-order chi connectivity index (χ1) is 29.7. The molecule has 0 radical (unpaired) electrons. The van der Waals surface area contributed by atoms with Crippen LogP contribution in [0.2, 0.25) is 0 Å². The fourth-order valence-electron chi connectivity index (χ4n) is 7.64. The lowest BCUT2D eigenvalue weighted by Crippen LogP contribution is -2.39. The zero-order valence-electron chi connectivity index (χ0n) is 33.1. The maximum atomic E-state index is 6.97. The van der Waals surface area contributed by atoms with E-state index in [0.717, 1.165) is 33.4 Å². The number of ether oxygens (including phenoxy) is 1. The van der Waals surface area contributed by atoms with E-state index >= 15 is 0 Å². The smallest absolute Gasteiger partial charge is 0.193 e. The van der Waals surface area contributed by atoms with Crippen LogP contribution >= 0.6 is 23.8 Å². The van der Waals surface area contributed by atoms with Crippen LogP contribution in [0.3, 0.4) is 0 Å². The minimum Gasteiger partial charge on any atom is -0.359 e. The van der Waals surface area contributed by atoms with E-state index in [1.54, 1.807) is 7.11 Å². The number of aromatic nitrogens is 3. The molecule has 7 heteroatoms. The maximum absolute atomic E-state index is 6.97. The molecule has 9 rings (SSSR count). The second-order valence-electron chi connectivity index (χ2n) is 14.0. The van der Waals surface area contributed by atoms with Gasteiger partial charge in [-0.2, -0.15) is 0 Å². The van der Waals surface area contributed by atoms with E-state index in [1.165, 1.54) is 31.8 Å². The lowest BCUT2D eigenvalue weighted by Gasteiger charge is -2.33. The highest BCUT2D eigenvalue weighted by molar-refractivity contribution is 7.80. The largest absolute Gasteiger partial charge is 0.359 e. The zero-order chi connectivity index (χ0) is 40.6. The molecule has 0 spiro atoms. The second-order valence-corrected chi connectivity index (χ2v) is 20.5. The van der Waals surface area contributed by atoms with Crippen molar-refractivity contribution in [3.8, 4) is 0 Å². The van der Waals surface area contributed by atoms with E-state index in [2.05, 4.69) is 237 Å². The Balaban J connectivity index is 1.28. The Morgan fingerprint density at radius 1 is 0.283 bits per heavy atom. The van der Waals surface area contributed by atoms with E-state index in [1.807, 2.05) is 0 Å². The van der Waals surface area contributed by atoms with Crippen LogP contribution in [0, 0.1) is 0 Å². The molecule has 0 aliphatic heterocycles. The van der Waals surface area contributed by atoms with Crippen molar-refractivity contribution in [2.24, 2.45) is 0 Å². The molecule has 0 fully saturated rings. The van der Waals surface area contributed by atoms with Crippen molar-refractivity contribution >= 4 is 71.9 Å². The Morgan fingerprint density at radius 3 is 0.700 bits per heavy atom. The standard InChI is InChI=1S/C53H42N3OP3/c1-57-53(47-35-20-38-50(54-47)58(41-23-8-2-9-24-41)42-25-10-3-11-26-42,48-36-21-39-51(55-48)59(43-27-12-4-13-28-43)44-29-14-5-15-30-44)49-37-22-40-52(56-49)60(45-31-16-6-17-32-45)46-33-18-7-19-34-46/h2-40H,1H3. The highest BCUT2D eigenvalue weighted by Gasteiger charge is 2.43. The number of hydrogen-bond acceptors (Lipinski definition) is 4. The van der Waals surface area contributed by atoms with Gasteiger partial charge in [-0.05, 0) is 68.2 Å². The van der Waals surface area contributed by atoms with Gasteiger partial charge in [-0.15, -0.1) is 0 Å². The zero-order valence-corrected chi connectivity index (χ0v) is 35.8. The van der Waals surface area contributed by atoms with Crippen LogP contribution in [0.5, 0.6) is 0 Å². The van der Waals surface area contributed by atoms with Crippen LogP contribution < -0.4 is 48.1 Å². The number of methoxy groups -OCH3 is 1. The second kappa shape index (κ2) is 18.5. The summed E-state index contributed by atoms with van der Waals surface area (Å²) in [5.74, 6) is 0. The van der Waals surface area contributed by atoms with Gasteiger partial charge in [-0.25, -0.2) is 15.0 Å². The molecule has 6 aromatic carbocycles. The van der Waals surface area contributed by atoms with Gasteiger partial charge >= 0.3 is 0 Å². The molecule has 0 saturated heterocycles. The molecule has 0 aliphatic rings. The molecule has 0 aliphatic carbocycles. The first-order valence-corrected chi connectivity index (χ1v) is 23.9. The van der Waals surface area contributed by atoms with Gasteiger partial charge in [0.2, 0.25) is 0 Å². The van der Waals surface area contributed by atoms with Crippen molar-refractivity contribution in [3.63, 3.8) is 0 Å². The average Bonchev–Trinajstić information content (AvgIpc) is 3.32. The van der Waals surface area contributed by atoms with Crippen molar-refractivity contribution in [2.75, 3.05) is 7.11 Å².